The smallest absolute Gasteiger partial charge is 0.164 e. The van der Waals surface area contributed by atoms with E-state index in [1.165, 1.54) is 0 Å². The molecule has 0 bridgehead atoms. The lowest BCUT2D eigenvalue weighted by molar-refractivity contribution is 0.669. The Morgan fingerprint density at radius 3 is 1.85 bits per heavy atom. The Morgan fingerprint density at radius 1 is 0.327 bits per heavy atom. The van der Waals surface area contributed by atoms with Crippen LogP contribution in [0.25, 0.3) is 111 Å². The maximum Gasteiger partial charge on any atom is 0.164 e. The summed E-state index contributed by atoms with van der Waals surface area (Å²) in [7, 11) is 0. The van der Waals surface area contributed by atoms with Crippen molar-refractivity contribution >= 4 is 65.4 Å². The van der Waals surface area contributed by atoms with Gasteiger partial charge in [-0.05, 0) is 63.7 Å². The van der Waals surface area contributed by atoms with Gasteiger partial charge in [0.25, 0.3) is 0 Å². The number of nitrogens with zero attached hydrogens (tertiary/aromatic N) is 3. The van der Waals surface area contributed by atoms with Gasteiger partial charge >= 0.3 is 0 Å². The molecule has 52 heavy (non-hydrogen) atoms. The van der Waals surface area contributed by atoms with Crippen molar-refractivity contribution in [3.05, 3.63) is 164 Å². The van der Waals surface area contributed by atoms with Crippen LogP contribution in [0.5, 0.6) is 0 Å². The number of para-hydroxylation sites is 1. The van der Waals surface area contributed by atoms with Crippen molar-refractivity contribution in [2.75, 3.05) is 0 Å². The van der Waals surface area contributed by atoms with Crippen molar-refractivity contribution < 1.29 is 8.83 Å². The van der Waals surface area contributed by atoms with E-state index >= 15 is 0 Å². The van der Waals surface area contributed by atoms with Crippen LogP contribution in [-0.4, -0.2) is 15.0 Å². The normalized spacial score (nSPS) is 11.8. The number of fused-ring (bicyclic) bond motifs is 9. The summed E-state index contributed by atoms with van der Waals surface area (Å²) in [6.07, 6.45) is 0. The Bertz CT molecular complexity index is 3190. The van der Waals surface area contributed by atoms with Gasteiger partial charge in [0.05, 0.1) is 0 Å². The first-order chi connectivity index (χ1) is 25.7. The van der Waals surface area contributed by atoms with Crippen LogP contribution in [0, 0.1) is 0 Å². The van der Waals surface area contributed by atoms with Crippen LogP contribution in [0.1, 0.15) is 0 Å². The first kappa shape index (κ1) is 28.7. The van der Waals surface area contributed by atoms with E-state index in [4.69, 9.17) is 23.8 Å². The van der Waals surface area contributed by atoms with E-state index in [-0.39, 0.29) is 0 Å². The highest BCUT2D eigenvalue weighted by Gasteiger charge is 2.20. The molecule has 0 radical (unpaired) electrons. The molecule has 0 aliphatic heterocycles. The molecule has 0 N–H and O–H groups in total. The fourth-order valence-electron chi connectivity index (χ4n) is 7.64. The average molecular weight is 666 g/mol. The lowest BCUT2D eigenvalue weighted by Crippen LogP contribution is -2.00. The van der Waals surface area contributed by atoms with Gasteiger partial charge in [-0.25, -0.2) is 15.0 Å². The molecule has 0 amide bonds. The molecule has 0 saturated carbocycles. The minimum absolute atomic E-state index is 0.563. The highest BCUT2D eigenvalue weighted by Crippen LogP contribution is 2.42. The molecular weight excluding hydrogens is 639 g/mol. The fourth-order valence-corrected chi connectivity index (χ4v) is 7.64. The fraction of sp³-hybridized carbons (Fsp3) is 0. The third-order valence-electron chi connectivity index (χ3n) is 10.1. The number of furan rings is 2. The van der Waals surface area contributed by atoms with E-state index in [2.05, 4.69) is 127 Å². The molecular formula is C47H27N3O2. The lowest BCUT2D eigenvalue weighted by atomic mass is 9.95. The summed E-state index contributed by atoms with van der Waals surface area (Å²) >= 11 is 0. The largest absolute Gasteiger partial charge is 0.456 e. The number of rotatable bonds is 4. The van der Waals surface area contributed by atoms with Crippen molar-refractivity contribution in [1.29, 1.82) is 0 Å². The molecule has 5 nitrogen and oxygen atoms in total. The van der Waals surface area contributed by atoms with Gasteiger partial charge in [0.15, 0.2) is 17.5 Å². The second-order valence-corrected chi connectivity index (χ2v) is 13.2. The average Bonchev–Trinajstić information content (AvgIpc) is 3.79. The lowest BCUT2D eigenvalue weighted by Gasteiger charge is -2.10. The molecule has 5 heteroatoms. The Morgan fingerprint density at radius 2 is 0.981 bits per heavy atom. The second kappa shape index (κ2) is 11.2. The van der Waals surface area contributed by atoms with Crippen molar-refractivity contribution in [2.24, 2.45) is 0 Å². The van der Waals surface area contributed by atoms with Gasteiger partial charge in [0, 0.05) is 43.6 Å². The highest BCUT2D eigenvalue weighted by molar-refractivity contribution is 6.21. The van der Waals surface area contributed by atoms with Crippen LogP contribution in [0.3, 0.4) is 0 Å². The zero-order valence-corrected chi connectivity index (χ0v) is 27.7. The maximum absolute atomic E-state index is 6.78. The van der Waals surface area contributed by atoms with Crippen molar-refractivity contribution in [3.8, 4) is 45.3 Å². The SMILES string of the molecule is c1ccc(-c2cc3ccccc3c3oc4cc(-c5nc(-c6ccc7ccccc7c6)nc(-c6cccc7oc8ccccc8c67)n5)ccc4c23)cc1. The van der Waals surface area contributed by atoms with Crippen LogP contribution in [0.15, 0.2) is 173 Å². The predicted octanol–water partition coefficient (Wildman–Crippen LogP) is 12.6. The molecule has 0 aliphatic carbocycles. The van der Waals surface area contributed by atoms with E-state index in [9.17, 15) is 0 Å². The summed E-state index contributed by atoms with van der Waals surface area (Å²) in [5.41, 5.74) is 8.19. The van der Waals surface area contributed by atoms with E-state index in [0.717, 1.165) is 93.2 Å². The molecule has 0 fully saturated rings. The molecule has 0 aliphatic rings. The summed E-state index contributed by atoms with van der Waals surface area (Å²) in [5.74, 6) is 1.73. The van der Waals surface area contributed by atoms with Crippen LogP contribution in [0.4, 0.5) is 0 Å². The van der Waals surface area contributed by atoms with Gasteiger partial charge < -0.3 is 8.83 Å². The van der Waals surface area contributed by atoms with Gasteiger partial charge in [-0.2, -0.15) is 0 Å². The van der Waals surface area contributed by atoms with E-state index in [1.807, 2.05) is 36.4 Å². The Labute approximate surface area is 297 Å². The molecule has 3 heterocycles. The number of hydrogen-bond donors (Lipinski definition) is 0. The molecule has 8 aromatic carbocycles. The van der Waals surface area contributed by atoms with E-state index < -0.39 is 0 Å². The number of hydrogen-bond acceptors (Lipinski definition) is 5. The topological polar surface area (TPSA) is 65.0 Å². The Kier molecular flexibility index (Phi) is 6.18. The molecule has 0 atom stereocenters. The van der Waals surface area contributed by atoms with Crippen LogP contribution in [-0.2, 0) is 0 Å². The van der Waals surface area contributed by atoms with Gasteiger partial charge in [0.1, 0.15) is 22.3 Å². The Hall–Kier alpha value is -7.11. The summed E-state index contributed by atoms with van der Waals surface area (Å²) < 4.78 is 13.0. The highest BCUT2D eigenvalue weighted by atomic mass is 16.3. The quantitative estimate of drug-likeness (QED) is 0.187. The summed E-state index contributed by atoms with van der Waals surface area (Å²) in [5, 5.41) is 8.64. The van der Waals surface area contributed by atoms with Crippen molar-refractivity contribution in [2.45, 2.75) is 0 Å². The second-order valence-electron chi connectivity index (χ2n) is 13.2. The van der Waals surface area contributed by atoms with Crippen molar-refractivity contribution in [1.82, 2.24) is 15.0 Å². The summed E-state index contributed by atoms with van der Waals surface area (Å²) in [6.45, 7) is 0. The standard InChI is InChI=1S/C47H27N3O2/c1-2-12-29(13-3-1)38-26-31-15-6-7-16-34(31)44-43(38)36-24-23-33(27-41(36)52-44)46-48-45(32-22-21-28-11-4-5-14-30(28)25-32)49-47(50-46)37-18-10-20-40-42(37)35-17-8-9-19-39(35)51-40/h1-27H. The zero-order valence-electron chi connectivity index (χ0n) is 27.7. The summed E-state index contributed by atoms with van der Waals surface area (Å²) in [6, 6.07) is 56.3. The molecule has 0 saturated heterocycles. The van der Waals surface area contributed by atoms with Crippen molar-refractivity contribution in [3.63, 3.8) is 0 Å². The molecule has 11 rings (SSSR count). The third kappa shape index (κ3) is 4.46. The van der Waals surface area contributed by atoms with Crippen LogP contribution in [0.2, 0.25) is 0 Å². The van der Waals surface area contributed by atoms with Crippen LogP contribution >= 0.6 is 0 Å². The molecule has 3 aromatic heterocycles. The van der Waals surface area contributed by atoms with E-state index in [1.54, 1.807) is 0 Å². The maximum atomic E-state index is 6.78. The minimum Gasteiger partial charge on any atom is -0.456 e. The van der Waals surface area contributed by atoms with Gasteiger partial charge in [-0.3, -0.25) is 0 Å². The number of aromatic nitrogens is 3. The molecule has 0 spiro atoms. The predicted molar refractivity (Wildman–Crippen MR) is 211 cm³/mol. The van der Waals surface area contributed by atoms with Gasteiger partial charge in [-0.1, -0.05) is 127 Å². The monoisotopic (exact) mass is 665 g/mol. The Balaban J connectivity index is 1.16. The number of benzene rings is 8. The zero-order chi connectivity index (χ0) is 34.2. The third-order valence-corrected chi connectivity index (χ3v) is 10.1. The molecule has 11 aromatic rings. The minimum atomic E-state index is 0.563. The first-order valence-electron chi connectivity index (χ1n) is 17.3. The van der Waals surface area contributed by atoms with E-state index in [0.29, 0.717) is 17.5 Å². The van der Waals surface area contributed by atoms with Crippen LogP contribution < -0.4 is 0 Å². The first-order valence-corrected chi connectivity index (χ1v) is 17.3. The van der Waals surface area contributed by atoms with Gasteiger partial charge in [-0.15, -0.1) is 0 Å². The summed E-state index contributed by atoms with van der Waals surface area (Å²) in [4.78, 5) is 15.4. The van der Waals surface area contributed by atoms with Gasteiger partial charge in [0.2, 0.25) is 0 Å². The molecule has 0 unspecified atom stereocenters. The molecule has 242 valence electrons.